The fourth-order valence-corrected chi connectivity index (χ4v) is 1.67. The van der Waals surface area contributed by atoms with Crippen molar-refractivity contribution in [2.75, 3.05) is 31.3 Å². The van der Waals surface area contributed by atoms with Crippen molar-refractivity contribution in [3.05, 3.63) is 23.8 Å². The van der Waals surface area contributed by atoms with Gasteiger partial charge in [-0.1, -0.05) is 0 Å². The first-order chi connectivity index (χ1) is 8.91. The number of anilines is 2. The molecule has 6 nitrogen and oxygen atoms in total. The van der Waals surface area contributed by atoms with Gasteiger partial charge in [0.15, 0.2) is 0 Å². The Morgan fingerprint density at radius 3 is 2.53 bits per heavy atom. The standard InChI is InChI=1S/C13H20N4O2/c1-17(2)11-6-5-9(8-10(11)14)13(19)16-7-3-4-12(15)18/h5-6,8H,3-4,7,14H2,1-2H3,(H2,15,18)(H,16,19). The van der Waals surface area contributed by atoms with Crippen LogP contribution >= 0.6 is 0 Å². The highest BCUT2D eigenvalue weighted by molar-refractivity contribution is 5.96. The van der Waals surface area contributed by atoms with Crippen molar-refractivity contribution in [2.24, 2.45) is 5.73 Å². The number of benzene rings is 1. The fourth-order valence-electron chi connectivity index (χ4n) is 1.67. The van der Waals surface area contributed by atoms with Gasteiger partial charge in [0.25, 0.3) is 5.91 Å². The Balaban J connectivity index is 2.58. The highest BCUT2D eigenvalue weighted by Crippen LogP contribution is 2.22. The van der Waals surface area contributed by atoms with Crippen LogP contribution in [-0.2, 0) is 4.79 Å². The van der Waals surface area contributed by atoms with E-state index in [1.54, 1.807) is 18.2 Å². The number of amides is 2. The van der Waals surface area contributed by atoms with Gasteiger partial charge in [0.05, 0.1) is 11.4 Å². The first kappa shape index (κ1) is 14.8. The van der Waals surface area contributed by atoms with Crippen molar-refractivity contribution < 1.29 is 9.59 Å². The maximum absolute atomic E-state index is 11.8. The normalized spacial score (nSPS) is 10.0. The third kappa shape index (κ3) is 4.50. The van der Waals surface area contributed by atoms with E-state index in [4.69, 9.17) is 11.5 Å². The molecule has 0 aliphatic rings. The molecule has 0 unspecified atom stereocenters. The molecule has 0 bridgehead atoms. The zero-order chi connectivity index (χ0) is 14.4. The topological polar surface area (TPSA) is 101 Å². The summed E-state index contributed by atoms with van der Waals surface area (Å²) in [5.41, 5.74) is 12.8. The smallest absolute Gasteiger partial charge is 0.251 e. The summed E-state index contributed by atoms with van der Waals surface area (Å²) in [4.78, 5) is 24.3. The van der Waals surface area contributed by atoms with E-state index in [1.807, 2.05) is 19.0 Å². The third-order valence-corrected chi connectivity index (χ3v) is 2.66. The molecule has 1 aromatic carbocycles. The van der Waals surface area contributed by atoms with Gasteiger partial charge in [-0.05, 0) is 24.6 Å². The molecule has 0 atom stereocenters. The summed E-state index contributed by atoms with van der Waals surface area (Å²) >= 11 is 0. The van der Waals surface area contributed by atoms with E-state index in [2.05, 4.69) is 5.32 Å². The molecule has 0 aliphatic carbocycles. The van der Waals surface area contributed by atoms with Crippen LogP contribution in [0, 0.1) is 0 Å². The minimum atomic E-state index is -0.367. The maximum Gasteiger partial charge on any atom is 0.251 e. The summed E-state index contributed by atoms with van der Waals surface area (Å²) < 4.78 is 0. The molecule has 1 rings (SSSR count). The molecule has 0 aromatic heterocycles. The van der Waals surface area contributed by atoms with Crippen LogP contribution in [-0.4, -0.2) is 32.5 Å². The number of carbonyl (C=O) groups excluding carboxylic acids is 2. The highest BCUT2D eigenvalue weighted by atomic mass is 16.2. The second-order valence-electron chi connectivity index (χ2n) is 4.49. The third-order valence-electron chi connectivity index (χ3n) is 2.66. The molecule has 0 heterocycles. The molecule has 2 amide bonds. The molecule has 1 aromatic rings. The Bertz CT molecular complexity index is 472. The summed E-state index contributed by atoms with van der Waals surface area (Å²) in [6, 6.07) is 5.15. The van der Waals surface area contributed by atoms with E-state index in [0.717, 1.165) is 5.69 Å². The molecule has 0 saturated heterocycles. The van der Waals surface area contributed by atoms with Crippen LogP contribution in [0.5, 0.6) is 0 Å². The molecule has 5 N–H and O–H groups in total. The summed E-state index contributed by atoms with van der Waals surface area (Å²) in [7, 11) is 3.77. The van der Waals surface area contributed by atoms with Crippen LogP contribution in [0.2, 0.25) is 0 Å². The van der Waals surface area contributed by atoms with E-state index in [-0.39, 0.29) is 18.2 Å². The van der Waals surface area contributed by atoms with Gasteiger partial charge < -0.3 is 21.7 Å². The number of rotatable bonds is 6. The average Bonchev–Trinajstić information content (AvgIpc) is 2.33. The van der Waals surface area contributed by atoms with Gasteiger partial charge in [-0.3, -0.25) is 9.59 Å². The second-order valence-corrected chi connectivity index (χ2v) is 4.49. The van der Waals surface area contributed by atoms with Crippen molar-refractivity contribution in [1.82, 2.24) is 5.32 Å². The number of hydrogen-bond donors (Lipinski definition) is 3. The van der Waals surface area contributed by atoms with Crippen LogP contribution in [0.3, 0.4) is 0 Å². The van der Waals surface area contributed by atoms with Gasteiger partial charge in [0.2, 0.25) is 5.91 Å². The maximum atomic E-state index is 11.8. The largest absolute Gasteiger partial charge is 0.397 e. The minimum absolute atomic E-state index is 0.207. The van der Waals surface area contributed by atoms with E-state index in [1.165, 1.54) is 0 Å². The second kappa shape index (κ2) is 6.63. The molecule has 19 heavy (non-hydrogen) atoms. The van der Waals surface area contributed by atoms with Crippen LogP contribution in [0.15, 0.2) is 18.2 Å². The average molecular weight is 264 g/mol. The van der Waals surface area contributed by atoms with Gasteiger partial charge in [-0.2, -0.15) is 0 Å². The Labute approximate surface area is 112 Å². The number of carbonyl (C=O) groups is 2. The molecule has 6 heteroatoms. The summed E-state index contributed by atoms with van der Waals surface area (Å²) in [6.45, 7) is 0.414. The highest BCUT2D eigenvalue weighted by Gasteiger charge is 2.08. The van der Waals surface area contributed by atoms with Gasteiger partial charge in [-0.25, -0.2) is 0 Å². The number of nitrogens with zero attached hydrogens (tertiary/aromatic N) is 1. The van der Waals surface area contributed by atoms with Crippen molar-refractivity contribution in [3.63, 3.8) is 0 Å². The van der Waals surface area contributed by atoms with Crippen LogP contribution in [0.1, 0.15) is 23.2 Å². The van der Waals surface area contributed by atoms with Crippen LogP contribution < -0.4 is 21.7 Å². The molecule has 0 fully saturated rings. The van der Waals surface area contributed by atoms with Crippen LogP contribution in [0.4, 0.5) is 11.4 Å². The van der Waals surface area contributed by atoms with E-state index in [0.29, 0.717) is 24.2 Å². The van der Waals surface area contributed by atoms with Crippen molar-refractivity contribution >= 4 is 23.2 Å². The van der Waals surface area contributed by atoms with Crippen molar-refractivity contribution in [2.45, 2.75) is 12.8 Å². The predicted octanol–water partition coefficient (Wildman–Crippen LogP) is 0.330. The summed E-state index contributed by atoms with van der Waals surface area (Å²) in [5.74, 6) is -0.574. The first-order valence-corrected chi connectivity index (χ1v) is 6.05. The zero-order valence-corrected chi connectivity index (χ0v) is 11.3. The molecule has 0 spiro atoms. The van der Waals surface area contributed by atoms with Gasteiger partial charge in [0.1, 0.15) is 0 Å². The Hall–Kier alpha value is -2.24. The molecular formula is C13H20N4O2. The van der Waals surface area contributed by atoms with Crippen LogP contribution in [0.25, 0.3) is 0 Å². The Morgan fingerprint density at radius 1 is 1.32 bits per heavy atom. The lowest BCUT2D eigenvalue weighted by Crippen LogP contribution is -2.25. The first-order valence-electron chi connectivity index (χ1n) is 6.05. The molecule has 0 radical (unpaired) electrons. The lowest BCUT2D eigenvalue weighted by molar-refractivity contribution is -0.118. The monoisotopic (exact) mass is 264 g/mol. The minimum Gasteiger partial charge on any atom is -0.397 e. The quantitative estimate of drug-likeness (QED) is 0.509. The predicted molar refractivity (Wildman–Crippen MR) is 75.9 cm³/mol. The van der Waals surface area contributed by atoms with Gasteiger partial charge >= 0.3 is 0 Å². The summed E-state index contributed by atoms with van der Waals surface area (Å²) in [6.07, 6.45) is 0.800. The molecule has 0 saturated carbocycles. The van der Waals surface area contributed by atoms with E-state index < -0.39 is 0 Å². The number of hydrogen-bond acceptors (Lipinski definition) is 4. The number of nitrogens with two attached hydrogens (primary N) is 2. The number of nitrogen functional groups attached to an aromatic ring is 1. The zero-order valence-electron chi connectivity index (χ0n) is 11.3. The lowest BCUT2D eigenvalue weighted by atomic mass is 10.1. The van der Waals surface area contributed by atoms with Crippen molar-refractivity contribution in [3.8, 4) is 0 Å². The van der Waals surface area contributed by atoms with Gasteiger partial charge in [-0.15, -0.1) is 0 Å². The summed E-state index contributed by atoms with van der Waals surface area (Å²) in [5, 5.41) is 2.71. The Kier molecular flexibility index (Phi) is 5.17. The molecule has 0 aliphatic heterocycles. The molecule has 104 valence electrons. The van der Waals surface area contributed by atoms with E-state index >= 15 is 0 Å². The van der Waals surface area contributed by atoms with Gasteiger partial charge in [0, 0.05) is 32.6 Å². The SMILES string of the molecule is CN(C)c1ccc(C(=O)NCCCC(N)=O)cc1N. The van der Waals surface area contributed by atoms with Crippen molar-refractivity contribution in [1.29, 1.82) is 0 Å². The van der Waals surface area contributed by atoms with E-state index in [9.17, 15) is 9.59 Å². The molecular weight excluding hydrogens is 244 g/mol. The lowest BCUT2D eigenvalue weighted by Gasteiger charge is -2.15. The number of nitrogens with one attached hydrogen (secondary N) is 1. The number of primary amides is 1. The Morgan fingerprint density at radius 2 is 2.00 bits per heavy atom. The fraction of sp³-hybridized carbons (Fsp3) is 0.385.